The van der Waals surface area contributed by atoms with Gasteiger partial charge in [0.05, 0.1) is 24.8 Å². The quantitative estimate of drug-likeness (QED) is 0.822. The Hall–Kier alpha value is -1.92. The number of carbonyl (C=O) groups is 1. The molecule has 0 saturated heterocycles. The minimum absolute atomic E-state index is 0.0937. The van der Waals surface area contributed by atoms with Crippen LogP contribution in [-0.2, 0) is 11.2 Å². The van der Waals surface area contributed by atoms with Crippen molar-refractivity contribution in [3.05, 3.63) is 40.3 Å². The van der Waals surface area contributed by atoms with E-state index in [0.717, 1.165) is 28.6 Å². The number of hydrogen-bond donors (Lipinski definition) is 2. The van der Waals surface area contributed by atoms with E-state index in [2.05, 4.69) is 17.2 Å². The summed E-state index contributed by atoms with van der Waals surface area (Å²) >= 11 is 1.48. The molecule has 0 aliphatic heterocycles. The first kappa shape index (κ1) is 16.5. The van der Waals surface area contributed by atoms with Crippen LogP contribution < -0.4 is 15.8 Å². The molecule has 0 radical (unpaired) electrons. The van der Waals surface area contributed by atoms with Crippen LogP contribution in [0.25, 0.3) is 0 Å². The fraction of sp³-hybridized carbons (Fsp3) is 0.375. The number of carbonyl (C=O) groups excluding carboxylic acids is 1. The maximum Gasteiger partial charge on any atom is 0.230 e. The Morgan fingerprint density at radius 2 is 2.14 bits per heavy atom. The number of nitrogens with one attached hydrogen (secondary N) is 1. The first-order valence-corrected chi connectivity index (χ1v) is 8.19. The molecule has 3 N–H and O–H groups in total. The van der Waals surface area contributed by atoms with Crippen LogP contribution in [0.5, 0.6) is 5.75 Å². The van der Waals surface area contributed by atoms with Gasteiger partial charge in [-0.2, -0.15) is 0 Å². The number of amides is 1. The summed E-state index contributed by atoms with van der Waals surface area (Å²) in [4.78, 5) is 16.4. The maximum atomic E-state index is 12.0. The van der Waals surface area contributed by atoms with Crippen LogP contribution in [0, 0.1) is 0 Å². The zero-order valence-corrected chi connectivity index (χ0v) is 13.7. The Morgan fingerprint density at radius 1 is 1.41 bits per heavy atom. The first-order valence-electron chi connectivity index (χ1n) is 7.31. The molecule has 0 fully saturated rings. The number of nitrogens with zero attached hydrogens (tertiary/aromatic N) is 1. The van der Waals surface area contributed by atoms with Gasteiger partial charge >= 0.3 is 0 Å². The average molecular weight is 319 g/mol. The fourth-order valence-electron chi connectivity index (χ4n) is 1.84. The maximum absolute atomic E-state index is 12.0. The van der Waals surface area contributed by atoms with Gasteiger partial charge in [0.25, 0.3) is 0 Å². The van der Waals surface area contributed by atoms with Crippen LogP contribution in [0.2, 0.25) is 0 Å². The molecule has 22 heavy (non-hydrogen) atoms. The summed E-state index contributed by atoms with van der Waals surface area (Å²) in [6.07, 6.45) is 1.22. The zero-order chi connectivity index (χ0) is 15.9. The van der Waals surface area contributed by atoms with Crippen LogP contribution >= 0.6 is 11.3 Å². The number of thiazole rings is 1. The summed E-state index contributed by atoms with van der Waals surface area (Å²) in [6.45, 7) is 4.63. The first-order chi connectivity index (χ1) is 10.6. The highest BCUT2D eigenvalue weighted by Gasteiger charge is 2.10. The van der Waals surface area contributed by atoms with Crippen LogP contribution in [0.1, 0.15) is 37.0 Å². The van der Waals surface area contributed by atoms with E-state index in [0.29, 0.717) is 6.61 Å². The van der Waals surface area contributed by atoms with Crippen molar-refractivity contribution < 1.29 is 9.53 Å². The summed E-state index contributed by atoms with van der Waals surface area (Å²) in [6, 6.07) is 7.26. The van der Waals surface area contributed by atoms with Gasteiger partial charge in [0.15, 0.2) is 0 Å². The zero-order valence-electron chi connectivity index (χ0n) is 12.8. The highest BCUT2D eigenvalue weighted by molar-refractivity contribution is 7.09. The molecule has 118 valence electrons. The van der Waals surface area contributed by atoms with Gasteiger partial charge in [-0.05, 0) is 37.6 Å². The van der Waals surface area contributed by atoms with E-state index >= 15 is 0 Å². The second-order valence-corrected chi connectivity index (χ2v) is 5.95. The van der Waals surface area contributed by atoms with E-state index in [-0.39, 0.29) is 18.4 Å². The second-order valence-electron chi connectivity index (χ2n) is 5.06. The molecular formula is C16H21N3O2S. The molecule has 0 aliphatic carbocycles. The molecule has 0 saturated carbocycles. The molecule has 1 heterocycles. The largest absolute Gasteiger partial charge is 0.494 e. The van der Waals surface area contributed by atoms with E-state index in [1.807, 2.05) is 36.6 Å². The van der Waals surface area contributed by atoms with Gasteiger partial charge in [0.1, 0.15) is 10.8 Å². The fourth-order valence-corrected chi connectivity index (χ4v) is 2.61. The third kappa shape index (κ3) is 4.82. The lowest BCUT2D eigenvalue weighted by Crippen LogP contribution is -2.15. The molecule has 1 atom stereocenters. The number of benzene rings is 1. The van der Waals surface area contributed by atoms with Crippen molar-refractivity contribution >= 4 is 22.9 Å². The number of hydrogen-bond acceptors (Lipinski definition) is 5. The summed E-state index contributed by atoms with van der Waals surface area (Å²) in [5.41, 5.74) is 7.26. The molecule has 0 spiro atoms. The Morgan fingerprint density at radius 3 is 2.73 bits per heavy atom. The van der Waals surface area contributed by atoms with Crippen LogP contribution in [0.15, 0.2) is 29.6 Å². The molecule has 5 nitrogen and oxygen atoms in total. The van der Waals surface area contributed by atoms with E-state index in [4.69, 9.17) is 10.5 Å². The van der Waals surface area contributed by atoms with E-state index < -0.39 is 0 Å². The number of anilines is 1. The van der Waals surface area contributed by atoms with Crippen LogP contribution in [-0.4, -0.2) is 17.5 Å². The van der Waals surface area contributed by atoms with Gasteiger partial charge in [-0.25, -0.2) is 4.98 Å². The van der Waals surface area contributed by atoms with Crippen molar-refractivity contribution in [3.8, 4) is 5.75 Å². The Balaban J connectivity index is 1.88. The number of rotatable bonds is 7. The van der Waals surface area contributed by atoms with Crippen molar-refractivity contribution in [1.29, 1.82) is 0 Å². The van der Waals surface area contributed by atoms with Gasteiger partial charge in [-0.15, -0.1) is 11.3 Å². The van der Waals surface area contributed by atoms with E-state index in [9.17, 15) is 4.79 Å². The van der Waals surface area contributed by atoms with E-state index in [1.165, 1.54) is 11.3 Å². The Kier molecular flexibility index (Phi) is 5.91. The summed E-state index contributed by atoms with van der Waals surface area (Å²) in [5.74, 6) is 0.713. The van der Waals surface area contributed by atoms with Crippen molar-refractivity contribution in [2.75, 3.05) is 11.9 Å². The van der Waals surface area contributed by atoms with Gasteiger partial charge in [0.2, 0.25) is 5.91 Å². The predicted molar refractivity (Wildman–Crippen MR) is 89.3 cm³/mol. The lowest BCUT2D eigenvalue weighted by molar-refractivity contribution is -0.115. The summed E-state index contributed by atoms with van der Waals surface area (Å²) in [5, 5.41) is 5.57. The number of ether oxygens (including phenoxy) is 1. The molecule has 1 aromatic carbocycles. The molecule has 2 rings (SSSR count). The van der Waals surface area contributed by atoms with Gasteiger partial charge in [-0.1, -0.05) is 6.92 Å². The lowest BCUT2D eigenvalue weighted by Gasteiger charge is -2.07. The van der Waals surface area contributed by atoms with Crippen LogP contribution in [0.4, 0.5) is 5.69 Å². The topological polar surface area (TPSA) is 77.2 Å². The van der Waals surface area contributed by atoms with Crippen LogP contribution in [0.3, 0.4) is 0 Å². The summed E-state index contributed by atoms with van der Waals surface area (Å²) in [7, 11) is 0. The highest BCUT2D eigenvalue weighted by atomic mass is 32.1. The molecule has 2 aromatic rings. The monoisotopic (exact) mass is 319 g/mol. The lowest BCUT2D eigenvalue weighted by atomic mass is 10.2. The van der Waals surface area contributed by atoms with Crippen molar-refractivity contribution in [1.82, 2.24) is 4.98 Å². The average Bonchev–Trinajstić information content (AvgIpc) is 2.95. The normalized spacial score (nSPS) is 12.0. The van der Waals surface area contributed by atoms with Crippen molar-refractivity contribution in [3.63, 3.8) is 0 Å². The van der Waals surface area contributed by atoms with E-state index in [1.54, 1.807) is 0 Å². The van der Waals surface area contributed by atoms with Gasteiger partial charge < -0.3 is 15.8 Å². The summed E-state index contributed by atoms with van der Waals surface area (Å²) < 4.78 is 5.50. The number of nitrogens with two attached hydrogens (primary N) is 1. The molecule has 1 amide bonds. The third-order valence-corrected chi connectivity index (χ3v) is 4.01. The SMILES string of the molecule is CCCOc1ccc(NC(=O)Cc2csc(C(C)N)n2)cc1. The third-order valence-electron chi connectivity index (χ3n) is 2.91. The molecule has 1 unspecified atom stereocenters. The second kappa shape index (κ2) is 7.91. The van der Waals surface area contributed by atoms with Gasteiger partial charge in [0, 0.05) is 11.1 Å². The molecule has 0 aliphatic rings. The highest BCUT2D eigenvalue weighted by Crippen LogP contribution is 2.18. The number of aromatic nitrogens is 1. The minimum Gasteiger partial charge on any atom is -0.494 e. The van der Waals surface area contributed by atoms with Crippen molar-refractivity contribution in [2.24, 2.45) is 5.73 Å². The Bertz CT molecular complexity index is 608. The molecule has 1 aromatic heterocycles. The molecular weight excluding hydrogens is 298 g/mol. The minimum atomic E-state index is -0.0996. The van der Waals surface area contributed by atoms with Crippen molar-refractivity contribution in [2.45, 2.75) is 32.7 Å². The smallest absolute Gasteiger partial charge is 0.230 e. The molecule has 6 heteroatoms. The van der Waals surface area contributed by atoms with Gasteiger partial charge in [-0.3, -0.25) is 4.79 Å². The standard InChI is InChI=1S/C16H21N3O2S/c1-3-8-21-14-6-4-12(5-7-14)18-15(20)9-13-10-22-16(19-13)11(2)17/h4-7,10-11H,3,8-9,17H2,1-2H3,(H,18,20). The Labute approximate surface area is 134 Å². The predicted octanol–water partition coefficient (Wildman–Crippen LogP) is 3.13. The molecule has 0 bridgehead atoms.